The van der Waals surface area contributed by atoms with Crippen molar-refractivity contribution >= 4 is 38.6 Å². The second-order valence-corrected chi connectivity index (χ2v) is 6.93. The molecule has 0 aliphatic rings. The Morgan fingerprint density at radius 3 is 2.42 bits per heavy atom. The number of rotatable bonds is 6. The van der Waals surface area contributed by atoms with Gasteiger partial charge in [0.05, 0.1) is 10.7 Å². The van der Waals surface area contributed by atoms with E-state index in [9.17, 15) is 13.2 Å². The van der Waals surface area contributed by atoms with Gasteiger partial charge in [-0.2, -0.15) is 0 Å². The largest absolute Gasteiger partial charge is 0.393 e. The number of aryl methyl sites for hydroxylation is 1. The number of nitrogens with two attached hydrogens (primary N) is 1. The normalized spacial score (nSPS) is 11.0. The highest BCUT2D eigenvalue weighted by Crippen LogP contribution is 2.08. The third-order valence-corrected chi connectivity index (χ3v) is 4.08. The van der Waals surface area contributed by atoms with Crippen molar-refractivity contribution in [2.45, 2.75) is 13.3 Å². The molecule has 0 fully saturated rings. The molecule has 1 rings (SSSR count). The third-order valence-electron chi connectivity index (χ3n) is 2.35. The fourth-order valence-electron chi connectivity index (χ4n) is 1.36. The van der Waals surface area contributed by atoms with Crippen LogP contribution in [0.15, 0.2) is 24.3 Å². The Kier molecular flexibility index (Phi) is 5.44. The SMILES string of the molecule is Cc1ccc(NC(=O)CS(=O)(=O)CCC(N)=S)cc1. The van der Waals surface area contributed by atoms with Crippen LogP contribution in [0.25, 0.3) is 0 Å². The smallest absolute Gasteiger partial charge is 0.239 e. The number of carbonyl (C=O) groups is 1. The standard InChI is InChI=1S/C12H16N2O3S2/c1-9-2-4-10(5-3-9)14-12(15)8-19(16,17)7-6-11(13)18/h2-5H,6-8H2,1H3,(H2,13,18)(H,14,15). The molecule has 104 valence electrons. The molecule has 0 saturated heterocycles. The lowest BCUT2D eigenvalue weighted by Gasteiger charge is -2.06. The lowest BCUT2D eigenvalue weighted by atomic mass is 10.2. The number of nitrogens with one attached hydrogen (secondary N) is 1. The van der Waals surface area contributed by atoms with Crippen molar-refractivity contribution in [3.05, 3.63) is 29.8 Å². The molecule has 0 spiro atoms. The maximum atomic E-state index is 11.6. The Morgan fingerprint density at radius 1 is 1.32 bits per heavy atom. The van der Waals surface area contributed by atoms with Crippen LogP contribution in [0, 0.1) is 6.92 Å². The van der Waals surface area contributed by atoms with Crippen molar-refractivity contribution in [3.63, 3.8) is 0 Å². The molecule has 0 saturated carbocycles. The molecule has 0 aliphatic carbocycles. The average molecular weight is 300 g/mol. The summed E-state index contributed by atoms with van der Waals surface area (Å²) < 4.78 is 23.2. The molecule has 0 unspecified atom stereocenters. The van der Waals surface area contributed by atoms with Crippen LogP contribution in [0.3, 0.4) is 0 Å². The summed E-state index contributed by atoms with van der Waals surface area (Å²) in [6, 6.07) is 7.09. The number of carbonyl (C=O) groups excluding carboxylic acids is 1. The summed E-state index contributed by atoms with van der Waals surface area (Å²) >= 11 is 4.61. The number of thiocarbonyl (C=S) groups is 1. The molecule has 1 aromatic rings. The molecule has 0 heterocycles. The molecule has 5 nitrogen and oxygen atoms in total. The van der Waals surface area contributed by atoms with Crippen molar-refractivity contribution in [2.75, 3.05) is 16.8 Å². The fourth-order valence-corrected chi connectivity index (χ4v) is 2.74. The summed E-state index contributed by atoms with van der Waals surface area (Å²) in [5.41, 5.74) is 6.86. The molecule has 19 heavy (non-hydrogen) atoms. The van der Waals surface area contributed by atoms with Gasteiger partial charge in [-0.25, -0.2) is 8.42 Å². The average Bonchev–Trinajstić information content (AvgIpc) is 2.29. The predicted molar refractivity (Wildman–Crippen MR) is 79.9 cm³/mol. The topological polar surface area (TPSA) is 89.3 Å². The van der Waals surface area contributed by atoms with E-state index < -0.39 is 21.5 Å². The predicted octanol–water partition coefficient (Wildman–Crippen LogP) is 1.02. The van der Waals surface area contributed by atoms with Crippen LogP contribution in [0.4, 0.5) is 5.69 Å². The molecule has 3 N–H and O–H groups in total. The summed E-state index contributed by atoms with van der Waals surface area (Å²) in [5.74, 6) is -1.33. The van der Waals surface area contributed by atoms with E-state index in [-0.39, 0.29) is 17.2 Å². The van der Waals surface area contributed by atoms with Gasteiger partial charge in [0, 0.05) is 12.1 Å². The number of amides is 1. The van der Waals surface area contributed by atoms with E-state index >= 15 is 0 Å². The van der Waals surface area contributed by atoms with Crippen molar-refractivity contribution in [2.24, 2.45) is 5.73 Å². The van der Waals surface area contributed by atoms with E-state index in [0.717, 1.165) is 5.56 Å². The van der Waals surface area contributed by atoms with Gasteiger partial charge in [0.25, 0.3) is 0 Å². The Labute approximate surface area is 118 Å². The number of sulfone groups is 1. The van der Waals surface area contributed by atoms with E-state index in [1.807, 2.05) is 19.1 Å². The van der Waals surface area contributed by atoms with Gasteiger partial charge in [-0.1, -0.05) is 29.9 Å². The minimum atomic E-state index is -3.48. The van der Waals surface area contributed by atoms with Crippen molar-refractivity contribution in [1.29, 1.82) is 0 Å². The van der Waals surface area contributed by atoms with Gasteiger partial charge >= 0.3 is 0 Å². The van der Waals surface area contributed by atoms with Crippen LogP contribution in [0.1, 0.15) is 12.0 Å². The molecule has 0 aromatic heterocycles. The van der Waals surface area contributed by atoms with E-state index in [4.69, 9.17) is 5.73 Å². The van der Waals surface area contributed by atoms with E-state index in [0.29, 0.717) is 5.69 Å². The Balaban J connectivity index is 2.55. The monoisotopic (exact) mass is 300 g/mol. The second kappa shape index (κ2) is 6.63. The number of benzene rings is 1. The minimum absolute atomic E-state index is 0.0927. The quantitative estimate of drug-likeness (QED) is 0.766. The third kappa shape index (κ3) is 6.30. The maximum Gasteiger partial charge on any atom is 0.239 e. The maximum absolute atomic E-state index is 11.6. The molecule has 0 atom stereocenters. The highest BCUT2D eigenvalue weighted by atomic mass is 32.2. The summed E-state index contributed by atoms with van der Waals surface area (Å²) in [7, 11) is -3.48. The van der Waals surface area contributed by atoms with Gasteiger partial charge < -0.3 is 11.1 Å². The van der Waals surface area contributed by atoms with Crippen LogP contribution in [-0.4, -0.2) is 30.8 Å². The van der Waals surface area contributed by atoms with E-state index in [1.54, 1.807) is 12.1 Å². The Hall–Kier alpha value is -1.47. The molecule has 1 aromatic carbocycles. The summed E-state index contributed by atoms with van der Waals surface area (Å²) in [6.45, 7) is 1.92. The lowest BCUT2D eigenvalue weighted by molar-refractivity contribution is -0.113. The molecule has 1 amide bonds. The highest BCUT2D eigenvalue weighted by Gasteiger charge is 2.16. The summed E-state index contributed by atoms with van der Waals surface area (Å²) in [5, 5.41) is 2.53. The lowest BCUT2D eigenvalue weighted by Crippen LogP contribution is -2.26. The summed E-state index contributed by atoms with van der Waals surface area (Å²) in [6.07, 6.45) is 0.0927. The molecule has 7 heteroatoms. The van der Waals surface area contributed by atoms with E-state index in [1.165, 1.54) is 0 Å². The molecule has 0 aliphatic heterocycles. The number of hydrogen-bond acceptors (Lipinski definition) is 4. The first-order chi connectivity index (χ1) is 8.78. The van der Waals surface area contributed by atoms with Gasteiger partial charge in [-0.05, 0) is 19.1 Å². The summed E-state index contributed by atoms with van der Waals surface area (Å²) in [4.78, 5) is 11.7. The first kappa shape index (κ1) is 15.6. The zero-order chi connectivity index (χ0) is 14.5. The second-order valence-electron chi connectivity index (χ2n) is 4.22. The fraction of sp³-hybridized carbons (Fsp3) is 0.333. The van der Waals surface area contributed by atoms with Crippen LogP contribution >= 0.6 is 12.2 Å². The van der Waals surface area contributed by atoms with Gasteiger partial charge in [-0.3, -0.25) is 4.79 Å². The number of anilines is 1. The molecule has 0 bridgehead atoms. The Bertz CT molecular complexity index is 565. The first-order valence-electron chi connectivity index (χ1n) is 5.64. The van der Waals surface area contributed by atoms with Crippen LogP contribution in [0.5, 0.6) is 0 Å². The zero-order valence-electron chi connectivity index (χ0n) is 10.5. The van der Waals surface area contributed by atoms with Crippen LogP contribution < -0.4 is 11.1 Å². The van der Waals surface area contributed by atoms with Gasteiger partial charge in [0.2, 0.25) is 5.91 Å². The first-order valence-corrected chi connectivity index (χ1v) is 7.87. The number of hydrogen-bond donors (Lipinski definition) is 2. The van der Waals surface area contributed by atoms with Gasteiger partial charge in [0.15, 0.2) is 9.84 Å². The van der Waals surface area contributed by atoms with Crippen molar-refractivity contribution < 1.29 is 13.2 Å². The van der Waals surface area contributed by atoms with Crippen LogP contribution in [-0.2, 0) is 14.6 Å². The molecular formula is C12H16N2O3S2. The molecular weight excluding hydrogens is 284 g/mol. The van der Waals surface area contributed by atoms with Crippen LogP contribution in [0.2, 0.25) is 0 Å². The van der Waals surface area contributed by atoms with Crippen molar-refractivity contribution in [3.8, 4) is 0 Å². The van der Waals surface area contributed by atoms with Gasteiger partial charge in [-0.15, -0.1) is 0 Å². The molecule has 0 radical (unpaired) electrons. The Morgan fingerprint density at radius 2 is 1.89 bits per heavy atom. The van der Waals surface area contributed by atoms with Gasteiger partial charge in [0.1, 0.15) is 5.75 Å². The highest BCUT2D eigenvalue weighted by molar-refractivity contribution is 7.92. The van der Waals surface area contributed by atoms with E-state index in [2.05, 4.69) is 17.5 Å². The minimum Gasteiger partial charge on any atom is -0.393 e. The zero-order valence-corrected chi connectivity index (χ0v) is 12.2. The van der Waals surface area contributed by atoms with Crippen molar-refractivity contribution in [1.82, 2.24) is 0 Å².